The largest absolute Gasteiger partial charge is 0.489 e. The molecule has 1 aliphatic rings. The maximum absolute atomic E-state index is 12.9. The molecule has 2 aromatic carbocycles. The molecule has 0 spiro atoms. The first-order valence-electron chi connectivity index (χ1n) is 9.15. The zero-order valence-corrected chi connectivity index (χ0v) is 14.9. The quantitative estimate of drug-likeness (QED) is 0.785. The van der Waals surface area contributed by atoms with Crippen LogP contribution in [0.5, 0.6) is 5.75 Å². The van der Waals surface area contributed by atoms with E-state index >= 15 is 0 Å². The van der Waals surface area contributed by atoms with Gasteiger partial charge in [0.15, 0.2) is 0 Å². The van der Waals surface area contributed by atoms with Gasteiger partial charge in [-0.25, -0.2) is 4.39 Å². The van der Waals surface area contributed by atoms with E-state index < -0.39 is 0 Å². The Morgan fingerprint density at radius 1 is 1.16 bits per heavy atom. The molecule has 3 rings (SSSR count). The predicted octanol–water partition coefficient (Wildman–Crippen LogP) is 3.98. The lowest BCUT2D eigenvalue weighted by molar-refractivity contribution is 0.260. The summed E-state index contributed by atoms with van der Waals surface area (Å²) in [5.74, 6) is 0.625. The van der Waals surface area contributed by atoms with Gasteiger partial charge in [-0.2, -0.15) is 0 Å². The summed E-state index contributed by atoms with van der Waals surface area (Å²) in [5.41, 5.74) is 2.18. The Morgan fingerprint density at radius 2 is 2.00 bits per heavy atom. The van der Waals surface area contributed by atoms with Crippen molar-refractivity contribution in [1.82, 2.24) is 10.2 Å². The number of hydrogen-bond donors (Lipinski definition) is 1. The summed E-state index contributed by atoms with van der Waals surface area (Å²) in [7, 11) is 0. The molecule has 0 amide bonds. The Labute approximate surface area is 149 Å². The van der Waals surface area contributed by atoms with E-state index in [1.165, 1.54) is 37.1 Å². The van der Waals surface area contributed by atoms with Gasteiger partial charge in [0.2, 0.25) is 0 Å². The lowest BCUT2D eigenvalue weighted by Gasteiger charge is -2.23. The zero-order chi connectivity index (χ0) is 17.5. The maximum atomic E-state index is 12.9. The van der Waals surface area contributed by atoms with Gasteiger partial charge in [-0.1, -0.05) is 31.2 Å². The molecule has 1 saturated heterocycles. The Hall–Kier alpha value is -1.91. The van der Waals surface area contributed by atoms with Crippen LogP contribution in [0.15, 0.2) is 48.5 Å². The van der Waals surface area contributed by atoms with Crippen LogP contribution in [0.3, 0.4) is 0 Å². The molecule has 1 heterocycles. The number of hydrogen-bond acceptors (Lipinski definition) is 3. The number of benzene rings is 2. The minimum absolute atomic E-state index is 0.222. The van der Waals surface area contributed by atoms with E-state index in [0.717, 1.165) is 30.9 Å². The van der Waals surface area contributed by atoms with Crippen LogP contribution in [0.1, 0.15) is 30.9 Å². The normalized spacial score (nSPS) is 17.8. The van der Waals surface area contributed by atoms with Crippen molar-refractivity contribution in [2.75, 3.05) is 19.6 Å². The fourth-order valence-corrected chi connectivity index (χ4v) is 3.42. The van der Waals surface area contributed by atoms with Crippen molar-refractivity contribution in [1.29, 1.82) is 0 Å². The smallest absolute Gasteiger partial charge is 0.123 e. The van der Waals surface area contributed by atoms with Crippen LogP contribution in [0.25, 0.3) is 0 Å². The molecule has 0 aliphatic carbocycles. The molecular weight excluding hydrogens is 315 g/mol. The molecule has 25 heavy (non-hydrogen) atoms. The Morgan fingerprint density at radius 3 is 2.80 bits per heavy atom. The second kappa shape index (κ2) is 8.97. The molecule has 0 unspecified atom stereocenters. The van der Waals surface area contributed by atoms with Gasteiger partial charge in [0, 0.05) is 19.1 Å². The highest BCUT2D eigenvalue weighted by molar-refractivity contribution is 5.29. The molecule has 4 heteroatoms. The van der Waals surface area contributed by atoms with Crippen LogP contribution in [-0.2, 0) is 13.2 Å². The summed E-state index contributed by atoms with van der Waals surface area (Å²) in [4.78, 5) is 2.55. The van der Waals surface area contributed by atoms with E-state index in [1.54, 1.807) is 12.1 Å². The molecule has 134 valence electrons. The maximum Gasteiger partial charge on any atom is 0.123 e. The molecule has 1 fully saturated rings. The van der Waals surface area contributed by atoms with Gasteiger partial charge in [-0.3, -0.25) is 4.90 Å². The van der Waals surface area contributed by atoms with E-state index in [4.69, 9.17) is 4.74 Å². The minimum Gasteiger partial charge on any atom is -0.489 e. The minimum atomic E-state index is -0.222. The van der Waals surface area contributed by atoms with Crippen LogP contribution in [0.4, 0.5) is 4.39 Å². The molecule has 0 radical (unpaired) electrons. The highest BCUT2D eigenvalue weighted by Crippen LogP contribution is 2.17. The summed E-state index contributed by atoms with van der Waals surface area (Å²) in [6.45, 7) is 6.94. The lowest BCUT2D eigenvalue weighted by atomic mass is 10.2. The zero-order valence-electron chi connectivity index (χ0n) is 14.9. The summed E-state index contributed by atoms with van der Waals surface area (Å²) in [6.07, 6.45) is 2.61. The first-order chi connectivity index (χ1) is 12.2. The van der Waals surface area contributed by atoms with E-state index in [1.807, 2.05) is 12.1 Å². The Kier molecular flexibility index (Phi) is 6.42. The second-order valence-corrected chi connectivity index (χ2v) is 6.62. The van der Waals surface area contributed by atoms with Crippen molar-refractivity contribution < 1.29 is 9.13 Å². The number of nitrogens with zero attached hydrogens (tertiary/aromatic N) is 1. The van der Waals surface area contributed by atoms with E-state index in [9.17, 15) is 4.39 Å². The van der Waals surface area contributed by atoms with Crippen LogP contribution < -0.4 is 10.1 Å². The van der Waals surface area contributed by atoms with Gasteiger partial charge >= 0.3 is 0 Å². The molecule has 1 aliphatic heterocycles. The van der Waals surface area contributed by atoms with Crippen LogP contribution in [-0.4, -0.2) is 30.6 Å². The molecule has 1 N–H and O–H groups in total. The van der Waals surface area contributed by atoms with E-state index in [0.29, 0.717) is 12.6 Å². The molecule has 0 aromatic heterocycles. The van der Waals surface area contributed by atoms with Gasteiger partial charge in [-0.15, -0.1) is 0 Å². The van der Waals surface area contributed by atoms with Crippen molar-refractivity contribution >= 4 is 0 Å². The first kappa shape index (κ1) is 17.9. The Bertz CT molecular complexity index is 659. The number of likely N-dealkylation sites (tertiary alicyclic amines) is 1. The van der Waals surface area contributed by atoms with Crippen molar-refractivity contribution in [2.45, 2.75) is 39.0 Å². The van der Waals surface area contributed by atoms with Gasteiger partial charge in [0.25, 0.3) is 0 Å². The van der Waals surface area contributed by atoms with Crippen molar-refractivity contribution in [2.24, 2.45) is 0 Å². The molecule has 3 nitrogen and oxygen atoms in total. The monoisotopic (exact) mass is 342 g/mol. The van der Waals surface area contributed by atoms with Gasteiger partial charge in [0.05, 0.1) is 0 Å². The van der Waals surface area contributed by atoms with Gasteiger partial charge in [-0.05, 0) is 61.3 Å². The predicted molar refractivity (Wildman–Crippen MR) is 99.1 cm³/mol. The fraction of sp³-hybridized carbons (Fsp3) is 0.429. The molecular formula is C21H27FN2O. The third-order valence-corrected chi connectivity index (χ3v) is 4.83. The van der Waals surface area contributed by atoms with E-state index in [2.05, 4.69) is 29.3 Å². The van der Waals surface area contributed by atoms with Gasteiger partial charge < -0.3 is 10.1 Å². The summed E-state index contributed by atoms with van der Waals surface area (Å²) in [5, 5.41) is 3.58. The molecule has 0 saturated carbocycles. The highest BCUT2D eigenvalue weighted by atomic mass is 19.1. The van der Waals surface area contributed by atoms with Crippen LogP contribution >= 0.6 is 0 Å². The second-order valence-electron chi connectivity index (χ2n) is 6.62. The third kappa shape index (κ3) is 5.28. The summed E-state index contributed by atoms with van der Waals surface area (Å²) in [6, 6.07) is 15.3. The first-order valence-corrected chi connectivity index (χ1v) is 9.15. The molecule has 1 atom stereocenters. The number of rotatable bonds is 8. The molecule has 0 bridgehead atoms. The number of ether oxygens (including phenoxy) is 1. The standard InChI is InChI=1S/C21H27FN2O/c1-2-24-12-4-6-20(24)15-23-14-18-5-3-7-21(13-18)25-16-17-8-10-19(22)11-9-17/h3,5,7-11,13,20,23H,2,4,6,12,14-16H2,1H3/t20-/m1/s1. The highest BCUT2D eigenvalue weighted by Gasteiger charge is 2.21. The fourth-order valence-electron chi connectivity index (χ4n) is 3.42. The average molecular weight is 342 g/mol. The van der Waals surface area contributed by atoms with Crippen molar-refractivity contribution in [3.63, 3.8) is 0 Å². The summed E-state index contributed by atoms with van der Waals surface area (Å²) < 4.78 is 18.8. The van der Waals surface area contributed by atoms with Crippen LogP contribution in [0.2, 0.25) is 0 Å². The van der Waals surface area contributed by atoms with Crippen molar-refractivity contribution in [3.8, 4) is 5.75 Å². The lowest BCUT2D eigenvalue weighted by Crippen LogP contribution is -2.37. The molecule has 2 aromatic rings. The SMILES string of the molecule is CCN1CCC[C@@H]1CNCc1cccc(OCc2ccc(F)cc2)c1. The van der Waals surface area contributed by atoms with Crippen LogP contribution in [0, 0.1) is 5.82 Å². The third-order valence-electron chi connectivity index (χ3n) is 4.83. The number of nitrogens with one attached hydrogen (secondary N) is 1. The van der Waals surface area contributed by atoms with Crippen molar-refractivity contribution in [3.05, 3.63) is 65.5 Å². The summed E-state index contributed by atoms with van der Waals surface area (Å²) >= 11 is 0. The van der Waals surface area contributed by atoms with E-state index in [-0.39, 0.29) is 5.82 Å². The average Bonchev–Trinajstić information content (AvgIpc) is 3.09. The topological polar surface area (TPSA) is 24.5 Å². The van der Waals surface area contributed by atoms with Gasteiger partial charge in [0.1, 0.15) is 18.2 Å². The number of likely N-dealkylation sites (N-methyl/N-ethyl adjacent to an activating group) is 1. The number of halogens is 1. The Balaban J connectivity index is 1.47.